The van der Waals surface area contributed by atoms with Crippen molar-refractivity contribution in [3.63, 3.8) is 0 Å². The fourth-order valence-electron chi connectivity index (χ4n) is 3.42. The van der Waals surface area contributed by atoms with Crippen molar-refractivity contribution in [3.05, 3.63) is 42.5 Å². The van der Waals surface area contributed by atoms with Crippen molar-refractivity contribution in [2.75, 3.05) is 54.5 Å². The van der Waals surface area contributed by atoms with Gasteiger partial charge in [0.25, 0.3) is 0 Å². The molecule has 1 N–H and O–H groups in total. The molecule has 0 spiro atoms. The van der Waals surface area contributed by atoms with Crippen LogP contribution in [0.5, 0.6) is 17.2 Å². The van der Waals surface area contributed by atoms with Crippen LogP contribution in [0.2, 0.25) is 0 Å². The van der Waals surface area contributed by atoms with Crippen molar-refractivity contribution >= 4 is 21.5 Å². The lowest BCUT2D eigenvalue weighted by Gasteiger charge is -2.13. The second kappa shape index (κ2) is 9.81. The van der Waals surface area contributed by atoms with Crippen molar-refractivity contribution in [1.29, 1.82) is 0 Å². The van der Waals surface area contributed by atoms with E-state index in [4.69, 9.17) is 9.47 Å². The zero-order chi connectivity index (χ0) is 20.8. The highest BCUT2D eigenvalue weighted by Gasteiger charge is 2.09. The van der Waals surface area contributed by atoms with Gasteiger partial charge in [0.1, 0.15) is 17.2 Å². The summed E-state index contributed by atoms with van der Waals surface area (Å²) in [4.78, 5) is 4.29. The van der Waals surface area contributed by atoms with E-state index in [1.807, 2.05) is 30.3 Å². The highest BCUT2D eigenvalue weighted by Crippen LogP contribution is 2.36. The molecule has 3 aromatic rings. The van der Waals surface area contributed by atoms with Gasteiger partial charge in [-0.15, -0.1) is 0 Å². The van der Waals surface area contributed by atoms with Crippen LogP contribution in [0, 0.1) is 0 Å². The molecule has 0 saturated carbocycles. The Morgan fingerprint density at radius 1 is 0.690 bits per heavy atom. The monoisotopic (exact) mass is 396 g/mol. The number of aromatic hydroxyl groups is 1. The van der Waals surface area contributed by atoms with E-state index < -0.39 is 0 Å². The summed E-state index contributed by atoms with van der Waals surface area (Å²) < 4.78 is 11.7. The van der Waals surface area contributed by atoms with Gasteiger partial charge in [0.05, 0.1) is 13.2 Å². The average Bonchev–Trinajstić information content (AvgIpc) is 2.68. The maximum absolute atomic E-state index is 10.6. The number of rotatable bonds is 10. The molecule has 0 amide bonds. The maximum atomic E-state index is 10.6. The molecule has 0 aliphatic heterocycles. The van der Waals surface area contributed by atoms with Crippen molar-refractivity contribution in [3.8, 4) is 17.2 Å². The zero-order valence-corrected chi connectivity index (χ0v) is 17.9. The lowest BCUT2D eigenvalue weighted by atomic mass is 10.0. The highest BCUT2D eigenvalue weighted by atomic mass is 16.5. The predicted molar refractivity (Wildman–Crippen MR) is 120 cm³/mol. The molecule has 0 aliphatic rings. The van der Waals surface area contributed by atoms with Gasteiger partial charge in [0.2, 0.25) is 0 Å². The fraction of sp³-hybridized carbons (Fsp3) is 0.417. The minimum atomic E-state index is 0.260. The van der Waals surface area contributed by atoms with E-state index in [0.29, 0.717) is 13.2 Å². The number of hydrogen-bond acceptors (Lipinski definition) is 5. The van der Waals surface area contributed by atoms with E-state index in [1.165, 1.54) is 0 Å². The summed E-state index contributed by atoms with van der Waals surface area (Å²) in [5.74, 6) is 1.87. The number of benzene rings is 3. The second-order valence-electron chi connectivity index (χ2n) is 8.00. The first-order chi connectivity index (χ1) is 13.9. The van der Waals surface area contributed by atoms with E-state index in [0.717, 1.165) is 59.0 Å². The van der Waals surface area contributed by atoms with Gasteiger partial charge < -0.3 is 24.4 Å². The SMILES string of the molecule is CN(C)CCCOc1ccc2c(c1)cc(O)c1cc(OCCCN(C)C)ccc12. The molecule has 5 heteroatoms. The summed E-state index contributed by atoms with van der Waals surface area (Å²) in [6, 6.07) is 13.8. The Morgan fingerprint density at radius 2 is 1.24 bits per heavy atom. The topological polar surface area (TPSA) is 45.2 Å². The van der Waals surface area contributed by atoms with Crippen molar-refractivity contribution in [2.45, 2.75) is 12.8 Å². The standard InChI is InChI=1S/C24H32N2O3/c1-25(2)11-5-13-28-19-7-9-21-18(15-19)16-24(27)23-17-20(8-10-22(21)23)29-14-6-12-26(3)4/h7-10,15-17,27H,5-6,11-14H2,1-4H3. The van der Waals surface area contributed by atoms with Crippen LogP contribution in [0.3, 0.4) is 0 Å². The maximum Gasteiger partial charge on any atom is 0.124 e. The molecule has 0 bridgehead atoms. The minimum absolute atomic E-state index is 0.260. The molecule has 0 aromatic heterocycles. The highest BCUT2D eigenvalue weighted by molar-refractivity contribution is 6.10. The second-order valence-corrected chi connectivity index (χ2v) is 8.00. The van der Waals surface area contributed by atoms with Gasteiger partial charge in [-0.3, -0.25) is 0 Å². The normalized spacial score (nSPS) is 11.7. The molecule has 0 radical (unpaired) electrons. The Bertz CT molecular complexity index is 954. The van der Waals surface area contributed by atoms with Crippen molar-refractivity contribution < 1.29 is 14.6 Å². The molecule has 156 valence electrons. The molecule has 3 aromatic carbocycles. The molecular formula is C24H32N2O3. The van der Waals surface area contributed by atoms with E-state index in [2.05, 4.69) is 44.1 Å². The van der Waals surface area contributed by atoms with Gasteiger partial charge in [-0.2, -0.15) is 0 Å². The molecule has 0 aliphatic carbocycles. The third kappa shape index (κ3) is 5.75. The lowest BCUT2D eigenvalue weighted by Crippen LogP contribution is -2.15. The summed E-state index contributed by atoms with van der Waals surface area (Å²) in [5, 5.41) is 14.5. The van der Waals surface area contributed by atoms with Gasteiger partial charge in [-0.1, -0.05) is 6.07 Å². The van der Waals surface area contributed by atoms with Gasteiger partial charge in [0.15, 0.2) is 0 Å². The quantitative estimate of drug-likeness (QED) is 0.407. The van der Waals surface area contributed by atoms with Gasteiger partial charge >= 0.3 is 0 Å². The van der Waals surface area contributed by atoms with Crippen molar-refractivity contribution in [2.24, 2.45) is 0 Å². The van der Waals surface area contributed by atoms with Crippen LogP contribution < -0.4 is 9.47 Å². The Labute approximate surface area is 173 Å². The van der Waals surface area contributed by atoms with Crippen LogP contribution in [0.1, 0.15) is 12.8 Å². The third-order valence-corrected chi connectivity index (χ3v) is 4.91. The fourth-order valence-corrected chi connectivity index (χ4v) is 3.42. The van der Waals surface area contributed by atoms with Crippen LogP contribution in [0.25, 0.3) is 21.5 Å². The molecule has 29 heavy (non-hydrogen) atoms. The number of phenols is 1. The molecule has 0 atom stereocenters. The summed E-state index contributed by atoms with van der Waals surface area (Å²) in [5.41, 5.74) is 0. The third-order valence-electron chi connectivity index (χ3n) is 4.91. The minimum Gasteiger partial charge on any atom is -0.507 e. The van der Waals surface area contributed by atoms with Crippen LogP contribution in [0.4, 0.5) is 0 Å². The van der Waals surface area contributed by atoms with E-state index in [9.17, 15) is 5.11 Å². The summed E-state index contributed by atoms with van der Waals surface area (Å²) in [7, 11) is 8.23. The number of hydrogen-bond donors (Lipinski definition) is 1. The summed E-state index contributed by atoms with van der Waals surface area (Å²) in [6.07, 6.45) is 1.94. The average molecular weight is 397 g/mol. The van der Waals surface area contributed by atoms with Crippen LogP contribution >= 0.6 is 0 Å². The van der Waals surface area contributed by atoms with E-state index in [-0.39, 0.29) is 5.75 Å². The Balaban J connectivity index is 1.76. The smallest absolute Gasteiger partial charge is 0.124 e. The molecule has 0 heterocycles. The van der Waals surface area contributed by atoms with Crippen molar-refractivity contribution in [1.82, 2.24) is 9.80 Å². The molecular weight excluding hydrogens is 364 g/mol. The zero-order valence-electron chi connectivity index (χ0n) is 17.9. The molecule has 3 rings (SSSR count). The van der Waals surface area contributed by atoms with Crippen LogP contribution in [-0.2, 0) is 0 Å². The number of ether oxygens (including phenoxy) is 2. The Hall–Kier alpha value is -2.50. The Morgan fingerprint density at radius 3 is 1.83 bits per heavy atom. The number of nitrogens with zero attached hydrogens (tertiary/aromatic N) is 2. The largest absolute Gasteiger partial charge is 0.507 e. The molecule has 0 unspecified atom stereocenters. The van der Waals surface area contributed by atoms with E-state index >= 15 is 0 Å². The first kappa shape index (κ1) is 21.2. The summed E-state index contributed by atoms with van der Waals surface area (Å²) in [6.45, 7) is 3.33. The van der Waals surface area contributed by atoms with Gasteiger partial charge in [-0.05, 0) is 93.6 Å². The first-order valence-corrected chi connectivity index (χ1v) is 10.2. The molecule has 0 fully saturated rings. The lowest BCUT2D eigenvalue weighted by molar-refractivity contribution is 0.281. The molecule has 0 saturated heterocycles. The Kier molecular flexibility index (Phi) is 7.18. The number of fused-ring (bicyclic) bond motifs is 3. The van der Waals surface area contributed by atoms with Gasteiger partial charge in [0, 0.05) is 18.5 Å². The first-order valence-electron chi connectivity index (χ1n) is 10.2. The van der Waals surface area contributed by atoms with E-state index in [1.54, 1.807) is 6.07 Å². The van der Waals surface area contributed by atoms with Gasteiger partial charge in [-0.25, -0.2) is 0 Å². The predicted octanol–water partition coefficient (Wildman–Crippen LogP) is 4.36. The van der Waals surface area contributed by atoms with Crippen LogP contribution in [-0.4, -0.2) is 69.4 Å². The molecule has 5 nitrogen and oxygen atoms in total. The number of phenolic OH excluding ortho intramolecular Hbond substituents is 1. The van der Waals surface area contributed by atoms with Crippen LogP contribution in [0.15, 0.2) is 42.5 Å². The summed E-state index contributed by atoms with van der Waals surface area (Å²) >= 11 is 0.